The molecule has 2 N–H and O–H groups in total. The molecule has 1 amide bonds. The molecule has 1 aromatic carbocycles. The maximum absolute atomic E-state index is 13.1. The van der Waals surface area contributed by atoms with Crippen molar-refractivity contribution in [3.8, 4) is 6.07 Å². The molecule has 0 saturated carbocycles. The molecule has 1 atom stereocenters. The van der Waals surface area contributed by atoms with Crippen molar-refractivity contribution < 1.29 is 14.0 Å². The van der Waals surface area contributed by atoms with Crippen molar-refractivity contribution in [3.05, 3.63) is 75.3 Å². The number of furan rings is 1. The molecule has 0 saturated heterocycles. The fraction of sp³-hybridized carbons (Fsp3) is 0.292. The number of thioether (sulfide) groups is 1. The van der Waals surface area contributed by atoms with Crippen LogP contribution in [0.1, 0.15) is 38.4 Å². The minimum absolute atomic E-state index is 0.0124. The summed E-state index contributed by atoms with van der Waals surface area (Å²) < 4.78 is 5.62. The molecule has 0 fully saturated rings. The highest BCUT2D eigenvalue weighted by Crippen LogP contribution is 2.47. The molecule has 32 heavy (non-hydrogen) atoms. The van der Waals surface area contributed by atoms with Crippen LogP contribution < -0.4 is 10.6 Å². The number of hydrogen-bond donors (Lipinski definition) is 2. The van der Waals surface area contributed by atoms with Gasteiger partial charge in [0.15, 0.2) is 5.78 Å². The number of carbonyl (C=O) groups excluding carboxylic acids is 2. The zero-order valence-corrected chi connectivity index (χ0v) is 19.3. The summed E-state index contributed by atoms with van der Waals surface area (Å²) in [5.41, 5.74) is 2.09. The van der Waals surface area contributed by atoms with Crippen LogP contribution in [0.3, 0.4) is 0 Å². The van der Waals surface area contributed by atoms with Gasteiger partial charge in [0.2, 0.25) is 5.91 Å². The largest absolute Gasteiger partial charge is 0.468 e. The summed E-state index contributed by atoms with van der Waals surface area (Å²) in [5, 5.41) is 17.1. The molecule has 0 radical (unpaired) electrons. The highest BCUT2D eigenvalue weighted by Gasteiger charge is 2.42. The van der Waals surface area contributed by atoms with E-state index in [4.69, 9.17) is 16.0 Å². The number of nitrogens with one attached hydrogen (secondary N) is 2. The Labute approximate surface area is 195 Å². The number of halogens is 1. The van der Waals surface area contributed by atoms with Crippen molar-refractivity contribution in [2.45, 2.75) is 32.6 Å². The molecule has 4 rings (SSSR count). The first-order valence-corrected chi connectivity index (χ1v) is 11.5. The number of nitrogens with zero attached hydrogens (tertiary/aromatic N) is 1. The van der Waals surface area contributed by atoms with Gasteiger partial charge in [0, 0.05) is 17.7 Å². The van der Waals surface area contributed by atoms with Crippen molar-refractivity contribution >= 4 is 40.7 Å². The predicted molar refractivity (Wildman–Crippen MR) is 125 cm³/mol. The molecular formula is C24H22ClN3O3S. The fourth-order valence-corrected chi connectivity index (χ4v) is 5.16. The van der Waals surface area contributed by atoms with E-state index in [1.807, 2.05) is 13.8 Å². The van der Waals surface area contributed by atoms with Crippen molar-refractivity contribution in [1.29, 1.82) is 5.26 Å². The SMILES string of the molecule is CC1(C)CC(=O)C2=C(C1)NC(SCC(=O)Nc1ccccc1Cl)=C(C#N)[C@H]2c1ccco1. The van der Waals surface area contributed by atoms with Crippen molar-refractivity contribution in [3.63, 3.8) is 0 Å². The third kappa shape index (κ3) is 4.47. The fourth-order valence-electron chi connectivity index (χ4n) is 4.12. The highest BCUT2D eigenvalue weighted by atomic mass is 35.5. The molecule has 1 aliphatic carbocycles. The van der Waals surface area contributed by atoms with Crippen molar-refractivity contribution in [2.24, 2.45) is 5.41 Å². The van der Waals surface area contributed by atoms with Gasteiger partial charge in [-0.25, -0.2) is 0 Å². The lowest BCUT2D eigenvalue weighted by Gasteiger charge is -2.38. The van der Waals surface area contributed by atoms with Crippen molar-refractivity contribution in [1.82, 2.24) is 5.32 Å². The predicted octanol–water partition coefficient (Wildman–Crippen LogP) is 5.37. The zero-order valence-electron chi connectivity index (χ0n) is 17.7. The monoisotopic (exact) mass is 467 g/mol. The number of allylic oxidation sites excluding steroid dienone is 3. The zero-order chi connectivity index (χ0) is 22.9. The smallest absolute Gasteiger partial charge is 0.234 e. The molecule has 1 aliphatic heterocycles. The molecule has 2 aliphatic rings. The number of rotatable bonds is 5. The average molecular weight is 468 g/mol. The van der Waals surface area contributed by atoms with E-state index in [2.05, 4.69) is 16.7 Å². The molecule has 1 aromatic heterocycles. The van der Waals surface area contributed by atoms with Crippen LogP contribution in [0.4, 0.5) is 5.69 Å². The number of dihydropyridines is 1. The van der Waals surface area contributed by atoms with E-state index in [-0.39, 0.29) is 22.9 Å². The average Bonchev–Trinajstić information content (AvgIpc) is 3.26. The van der Waals surface area contributed by atoms with E-state index in [0.717, 1.165) is 5.70 Å². The minimum Gasteiger partial charge on any atom is -0.468 e. The van der Waals surface area contributed by atoms with E-state index < -0.39 is 5.92 Å². The Kier molecular flexibility index (Phi) is 6.18. The number of nitriles is 1. The summed E-state index contributed by atoms with van der Waals surface area (Å²) in [6.45, 7) is 4.09. The van der Waals surface area contributed by atoms with Gasteiger partial charge in [-0.1, -0.05) is 49.3 Å². The number of hydrogen-bond acceptors (Lipinski definition) is 6. The molecular weight excluding hydrogens is 446 g/mol. The van der Waals surface area contributed by atoms with Gasteiger partial charge in [-0.2, -0.15) is 5.26 Å². The van der Waals surface area contributed by atoms with Gasteiger partial charge in [-0.3, -0.25) is 9.59 Å². The number of ketones is 1. The van der Waals surface area contributed by atoms with E-state index in [1.54, 1.807) is 36.4 Å². The number of benzene rings is 1. The van der Waals surface area contributed by atoms with Crippen LogP contribution >= 0.6 is 23.4 Å². The van der Waals surface area contributed by atoms with Crippen LogP contribution in [0, 0.1) is 16.7 Å². The summed E-state index contributed by atoms with van der Waals surface area (Å²) in [7, 11) is 0. The second-order valence-electron chi connectivity index (χ2n) is 8.58. The Balaban J connectivity index is 1.62. The quantitative estimate of drug-likeness (QED) is 0.613. The third-order valence-corrected chi connectivity index (χ3v) is 6.80. The first kappa shape index (κ1) is 22.3. The molecule has 0 bridgehead atoms. The Morgan fingerprint density at radius 3 is 2.78 bits per heavy atom. The van der Waals surface area contributed by atoms with Gasteiger partial charge in [-0.05, 0) is 36.1 Å². The summed E-state index contributed by atoms with van der Waals surface area (Å²) in [5.74, 6) is -0.197. The van der Waals surface area contributed by atoms with Crippen LogP contribution in [-0.4, -0.2) is 17.4 Å². The number of anilines is 1. The maximum atomic E-state index is 13.1. The molecule has 0 spiro atoms. The first-order chi connectivity index (χ1) is 15.3. The van der Waals surface area contributed by atoms with Crippen LogP contribution in [0.2, 0.25) is 5.02 Å². The van der Waals surface area contributed by atoms with Gasteiger partial charge in [0.1, 0.15) is 5.76 Å². The van der Waals surface area contributed by atoms with Crippen LogP contribution in [-0.2, 0) is 9.59 Å². The second kappa shape index (κ2) is 8.89. The third-order valence-electron chi connectivity index (χ3n) is 5.45. The Hall–Kier alpha value is -2.95. The van der Waals surface area contributed by atoms with Crippen LogP contribution in [0.15, 0.2) is 69.0 Å². The normalized spacial score (nSPS) is 19.8. The first-order valence-electron chi connectivity index (χ1n) is 10.2. The molecule has 2 aromatic rings. The van der Waals surface area contributed by atoms with Gasteiger partial charge >= 0.3 is 0 Å². The lowest BCUT2D eigenvalue weighted by molar-refractivity contribution is -0.118. The number of Topliss-reactive ketones (excluding diaryl/α,β-unsaturated/α-hetero) is 1. The van der Waals surface area contributed by atoms with Gasteiger partial charge in [0.25, 0.3) is 0 Å². The van der Waals surface area contributed by atoms with Gasteiger partial charge < -0.3 is 15.1 Å². The lowest BCUT2D eigenvalue weighted by atomic mass is 9.70. The number of para-hydroxylation sites is 1. The summed E-state index contributed by atoms with van der Waals surface area (Å²) in [6, 6.07) is 12.8. The molecule has 164 valence electrons. The van der Waals surface area contributed by atoms with E-state index in [9.17, 15) is 14.9 Å². The lowest BCUT2D eigenvalue weighted by Crippen LogP contribution is -2.37. The van der Waals surface area contributed by atoms with E-state index >= 15 is 0 Å². The van der Waals surface area contributed by atoms with E-state index in [0.29, 0.717) is 45.5 Å². The van der Waals surface area contributed by atoms with E-state index in [1.165, 1.54) is 18.0 Å². The Bertz CT molecular complexity index is 1180. The minimum atomic E-state index is -0.580. The number of carbonyl (C=O) groups is 2. The van der Waals surface area contributed by atoms with Crippen LogP contribution in [0.25, 0.3) is 0 Å². The molecule has 8 heteroatoms. The second-order valence-corrected chi connectivity index (χ2v) is 9.97. The summed E-state index contributed by atoms with van der Waals surface area (Å²) >= 11 is 7.35. The molecule has 2 heterocycles. The van der Waals surface area contributed by atoms with Crippen LogP contribution in [0.5, 0.6) is 0 Å². The summed E-state index contributed by atoms with van der Waals surface area (Å²) in [6.07, 6.45) is 2.61. The molecule has 0 unspecified atom stereocenters. The highest BCUT2D eigenvalue weighted by molar-refractivity contribution is 8.03. The Morgan fingerprint density at radius 2 is 2.09 bits per heavy atom. The van der Waals surface area contributed by atoms with Crippen molar-refractivity contribution in [2.75, 3.05) is 11.1 Å². The van der Waals surface area contributed by atoms with Gasteiger partial charge in [0.05, 0.1) is 45.3 Å². The summed E-state index contributed by atoms with van der Waals surface area (Å²) in [4.78, 5) is 25.6. The number of amides is 1. The Morgan fingerprint density at radius 1 is 1.31 bits per heavy atom. The molecule has 6 nitrogen and oxygen atoms in total. The van der Waals surface area contributed by atoms with Gasteiger partial charge in [-0.15, -0.1) is 0 Å². The standard InChI is InChI=1S/C24H22ClN3O3S/c1-24(2)10-17-22(18(29)11-24)21(19-8-5-9-31-19)14(12-26)23(28-17)32-13-20(30)27-16-7-4-3-6-15(16)25/h3-9,21,28H,10-11,13H2,1-2H3,(H,27,30)/t21-/m0/s1. The maximum Gasteiger partial charge on any atom is 0.234 e. The topological polar surface area (TPSA) is 95.1 Å².